The Bertz CT molecular complexity index is 719. The van der Waals surface area contributed by atoms with Crippen LogP contribution in [0.2, 0.25) is 0 Å². The van der Waals surface area contributed by atoms with Gasteiger partial charge in [0.25, 0.3) is 0 Å². The molecule has 3 rings (SSSR count). The van der Waals surface area contributed by atoms with E-state index in [1.807, 2.05) is 54.6 Å². The molecule has 0 aliphatic carbocycles. The van der Waals surface area contributed by atoms with Gasteiger partial charge in [-0.3, -0.25) is 0 Å². The van der Waals surface area contributed by atoms with Crippen LogP contribution >= 0.6 is 0 Å². The molecule has 0 amide bonds. The first-order chi connectivity index (χ1) is 11.8. The number of carbonyl (C=O) groups is 1. The summed E-state index contributed by atoms with van der Waals surface area (Å²) < 4.78 is 10.4. The molecule has 1 aliphatic rings. The number of benzene rings is 2. The van der Waals surface area contributed by atoms with E-state index in [-0.39, 0.29) is 5.97 Å². The Labute approximate surface area is 142 Å². The molecule has 1 aliphatic heterocycles. The van der Waals surface area contributed by atoms with E-state index < -0.39 is 0 Å². The number of carbonyl (C=O) groups excluding carboxylic acids is 1. The molecule has 1 saturated heterocycles. The van der Waals surface area contributed by atoms with Crippen molar-refractivity contribution in [2.75, 3.05) is 38.3 Å². The lowest BCUT2D eigenvalue weighted by atomic mass is 10.0. The number of nitrogens with zero attached hydrogens (tertiary/aromatic N) is 1. The van der Waals surface area contributed by atoms with Crippen molar-refractivity contribution in [2.24, 2.45) is 0 Å². The largest absolute Gasteiger partial charge is 0.465 e. The molecule has 1 fully saturated rings. The van der Waals surface area contributed by atoms with Gasteiger partial charge in [0.1, 0.15) is 0 Å². The molecular weight excluding hydrogens is 302 g/mol. The van der Waals surface area contributed by atoms with Gasteiger partial charge in [-0.15, -0.1) is 0 Å². The van der Waals surface area contributed by atoms with E-state index in [2.05, 4.69) is 4.90 Å². The van der Waals surface area contributed by atoms with Crippen molar-refractivity contribution < 1.29 is 14.3 Å². The third-order valence-corrected chi connectivity index (χ3v) is 4.08. The molecule has 4 nitrogen and oxygen atoms in total. The van der Waals surface area contributed by atoms with Gasteiger partial charge in [-0.1, -0.05) is 48.6 Å². The Balaban J connectivity index is 2.02. The summed E-state index contributed by atoms with van der Waals surface area (Å²) in [6.45, 7) is 3.03. The van der Waals surface area contributed by atoms with Crippen molar-refractivity contribution >= 4 is 23.8 Å². The fourth-order valence-corrected chi connectivity index (χ4v) is 2.84. The zero-order valence-electron chi connectivity index (χ0n) is 13.8. The predicted octanol–water partition coefficient (Wildman–Crippen LogP) is 3.48. The van der Waals surface area contributed by atoms with Crippen LogP contribution < -0.4 is 4.90 Å². The summed E-state index contributed by atoms with van der Waals surface area (Å²) in [6, 6.07) is 15.8. The molecule has 4 heteroatoms. The second-order valence-corrected chi connectivity index (χ2v) is 5.57. The molecular formula is C20H21NO3. The van der Waals surface area contributed by atoms with E-state index in [1.54, 1.807) is 6.07 Å². The van der Waals surface area contributed by atoms with Crippen LogP contribution in [0.25, 0.3) is 12.2 Å². The summed E-state index contributed by atoms with van der Waals surface area (Å²) in [7, 11) is 1.41. The first-order valence-electron chi connectivity index (χ1n) is 8.07. The lowest BCUT2D eigenvalue weighted by Gasteiger charge is -2.30. The molecule has 0 bridgehead atoms. The van der Waals surface area contributed by atoms with Crippen LogP contribution in [0.4, 0.5) is 5.69 Å². The number of methoxy groups -OCH3 is 1. The summed E-state index contributed by atoms with van der Waals surface area (Å²) in [4.78, 5) is 14.4. The maximum Gasteiger partial charge on any atom is 0.338 e. The first kappa shape index (κ1) is 16.3. The van der Waals surface area contributed by atoms with Gasteiger partial charge in [-0.2, -0.15) is 0 Å². The Morgan fingerprint density at radius 2 is 1.79 bits per heavy atom. The standard InChI is InChI=1S/C20H21NO3/c1-23-20(22)18-8-5-9-19(21-12-14-24-15-13-21)17(18)11-10-16-6-3-2-4-7-16/h2-11H,12-15H2,1H3. The molecule has 2 aromatic carbocycles. The number of anilines is 1. The van der Waals surface area contributed by atoms with Crippen LogP contribution in [0.3, 0.4) is 0 Å². The quantitative estimate of drug-likeness (QED) is 0.638. The SMILES string of the molecule is COC(=O)c1cccc(N2CCOCC2)c1C=Cc1ccccc1. The molecule has 1 heterocycles. The number of morpholine rings is 1. The fraction of sp³-hybridized carbons (Fsp3) is 0.250. The van der Waals surface area contributed by atoms with Crippen LogP contribution in [0.1, 0.15) is 21.5 Å². The highest BCUT2D eigenvalue weighted by atomic mass is 16.5. The Morgan fingerprint density at radius 3 is 2.50 bits per heavy atom. The summed E-state index contributed by atoms with van der Waals surface area (Å²) in [5.41, 5.74) is 3.59. The Morgan fingerprint density at radius 1 is 1.04 bits per heavy atom. The molecule has 0 aromatic heterocycles. The van der Waals surface area contributed by atoms with E-state index >= 15 is 0 Å². The highest BCUT2D eigenvalue weighted by molar-refractivity contribution is 5.97. The lowest BCUT2D eigenvalue weighted by Crippen LogP contribution is -2.36. The zero-order chi connectivity index (χ0) is 16.8. The van der Waals surface area contributed by atoms with Crippen molar-refractivity contribution in [3.8, 4) is 0 Å². The fourth-order valence-electron chi connectivity index (χ4n) is 2.84. The number of rotatable bonds is 4. The molecule has 124 valence electrons. The topological polar surface area (TPSA) is 38.8 Å². The summed E-state index contributed by atoms with van der Waals surface area (Å²) >= 11 is 0. The minimum atomic E-state index is -0.321. The smallest absolute Gasteiger partial charge is 0.338 e. The van der Waals surface area contributed by atoms with Gasteiger partial charge in [-0.05, 0) is 17.7 Å². The third kappa shape index (κ3) is 3.66. The molecule has 0 spiro atoms. The van der Waals surface area contributed by atoms with Crippen molar-refractivity contribution in [3.63, 3.8) is 0 Å². The van der Waals surface area contributed by atoms with E-state index in [4.69, 9.17) is 9.47 Å². The minimum absolute atomic E-state index is 0.321. The predicted molar refractivity (Wildman–Crippen MR) is 96.2 cm³/mol. The van der Waals surface area contributed by atoms with Gasteiger partial charge >= 0.3 is 5.97 Å². The average Bonchev–Trinajstić information content (AvgIpc) is 2.67. The monoisotopic (exact) mass is 323 g/mol. The summed E-state index contributed by atoms with van der Waals surface area (Å²) in [5.74, 6) is -0.321. The van der Waals surface area contributed by atoms with Gasteiger partial charge in [0, 0.05) is 24.3 Å². The van der Waals surface area contributed by atoms with Crippen molar-refractivity contribution in [1.82, 2.24) is 0 Å². The molecule has 0 radical (unpaired) electrons. The Kier molecular flexibility index (Phi) is 5.29. The maximum absolute atomic E-state index is 12.2. The Hall–Kier alpha value is -2.59. The minimum Gasteiger partial charge on any atom is -0.465 e. The third-order valence-electron chi connectivity index (χ3n) is 4.08. The average molecular weight is 323 g/mol. The van der Waals surface area contributed by atoms with E-state index in [9.17, 15) is 4.79 Å². The molecule has 24 heavy (non-hydrogen) atoms. The molecule has 0 unspecified atom stereocenters. The van der Waals surface area contributed by atoms with Crippen molar-refractivity contribution in [2.45, 2.75) is 0 Å². The van der Waals surface area contributed by atoms with Crippen LogP contribution in [-0.4, -0.2) is 39.4 Å². The molecule has 0 atom stereocenters. The van der Waals surface area contributed by atoms with E-state index in [0.717, 1.165) is 29.9 Å². The van der Waals surface area contributed by atoms with Gasteiger partial charge in [0.2, 0.25) is 0 Å². The number of ether oxygens (including phenoxy) is 2. The zero-order valence-corrected chi connectivity index (χ0v) is 13.8. The first-order valence-corrected chi connectivity index (χ1v) is 8.07. The second kappa shape index (κ2) is 7.79. The van der Waals surface area contributed by atoms with E-state index in [0.29, 0.717) is 18.8 Å². The highest BCUT2D eigenvalue weighted by Gasteiger charge is 2.19. The van der Waals surface area contributed by atoms with Crippen molar-refractivity contribution in [1.29, 1.82) is 0 Å². The van der Waals surface area contributed by atoms with Crippen LogP contribution in [0.15, 0.2) is 48.5 Å². The van der Waals surface area contributed by atoms with E-state index in [1.165, 1.54) is 7.11 Å². The molecule has 0 N–H and O–H groups in total. The van der Waals surface area contributed by atoms with Crippen LogP contribution in [-0.2, 0) is 9.47 Å². The van der Waals surface area contributed by atoms with Crippen LogP contribution in [0.5, 0.6) is 0 Å². The molecule has 2 aromatic rings. The van der Waals surface area contributed by atoms with Gasteiger partial charge < -0.3 is 14.4 Å². The second-order valence-electron chi connectivity index (χ2n) is 5.57. The number of esters is 1. The highest BCUT2D eigenvalue weighted by Crippen LogP contribution is 2.27. The number of hydrogen-bond donors (Lipinski definition) is 0. The normalized spacial score (nSPS) is 14.8. The van der Waals surface area contributed by atoms with Gasteiger partial charge in [0.05, 0.1) is 25.9 Å². The van der Waals surface area contributed by atoms with Gasteiger partial charge in [0.15, 0.2) is 0 Å². The van der Waals surface area contributed by atoms with Crippen LogP contribution in [0, 0.1) is 0 Å². The summed E-state index contributed by atoms with van der Waals surface area (Å²) in [6.07, 6.45) is 4.01. The van der Waals surface area contributed by atoms with Gasteiger partial charge in [-0.25, -0.2) is 4.79 Å². The maximum atomic E-state index is 12.2. The van der Waals surface area contributed by atoms with Crippen molar-refractivity contribution in [3.05, 3.63) is 65.2 Å². The summed E-state index contributed by atoms with van der Waals surface area (Å²) in [5, 5.41) is 0. The molecule has 0 saturated carbocycles. The lowest BCUT2D eigenvalue weighted by molar-refractivity contribution is 0.0600. The number of hydrogen-bond acceptors (Lipinski definition) is 4.